The number of hydrogen-bond acceptors (Lipinski definition) is 7. The molecular weight excluding hydrogens is 460 g/mol. The second-order valence-corrected chi connectivity index (χ2v) is 10.3. The van der Waals surface area contributed by atoms with Crippen LogP contribution in [0.25, 0.3) is 11.4 Å². The van der Waals surface area contributed by atoms with Crippen LogP contribution in [0.4, 0.5) is 5.69 Å². The fourth-order valence-electron chi connectivity index (χ4n) is 2.59. The smallest absolute Gasteiger partial charge is 0.242 e. The Hall–Kier alpha value is -2.60. The molecule has 9 nitrogen and oxygen atoms in total. The Labute approximate surface area is 189 Å². The first kappa shape index (κ1) is 23.1. The molecule has 1 amide bonds. The molecule has 0 aliphatic carbocycles. The lowest BCUT2D eigenvalue weighted by Gasteiger charge is -2.14. The van der Waals surface area contributed by atoms with Crippen molar-refractivity contribution in [3.8, 4) is 11.4 Å². The second kappa shape index (κ2) is 9.27. The van der Waals surface area contributed by atoms with Gasteiger partial charge in [0.1, 0.15) is 0 Å². The minimum absolute atomic E-state index is 0.0139. The number of nitrogen functional groups attached to an aromatic ring is 1. The molecule has 0 fully saturated rings. The lowest BCUT2D eigenvalue weighted by Crippen LogP contribution is -2.23. The van der Waals surface area contributed by atoms with E-state index in [0.29, 0.717) is 21.7 Å². The molecule has 0 radical (unpaired) electrons. The summed E-state index contributed by atoms with van der Waals surface area (Å²) in [4.78, 5) is 12.6. The van der Waals surface area contributed by atoms with Gasteiger partial charge in [0.15, 0.2) is 5.82 Å². The molecule has 0 bridgehead atoms. The van der Waals surface area contributed by atoms with Crippen molar-refractivity contribution in [3.63, 3.8) is 0 Å². The Morgan fingerprint density at radius 1 is 1.19 bits per heavy atom. The van der Waals surface area contributed by atoms with Crippen LogP contribution < -0.4 is 11.2 Å². The molecule has 0 unspecified atom stereocenters. The van der Waals surface area contributed by atoms with Crippen molar-refractivity contribution in [2.75, 3.05) is 31.0 Å². The molecule has 2 aromatic carbocycles. The zero-order valence-corrected chi connectivity index (χ0v) is 19.4. The Morgan fingerprint density at radius 3 is 2.52 bits per heavy atom. The molecule has 164 valence electrons. The van der Waals surface area contributed by atoms with Crippen molar-refractivity contribution in [2.24, 2.45) is 0 Å². The third-order valence-corrected chi connectivity index (χ3v) is 7.37. The van der Waals surface area contributed by atoms with E-state index in [1.807, 2.05) is 0 Å². The number of nitrogens with one attached hydrogen (secondary N) is 1. The molecule has 1 heterocycles. The van der Waals surface area contributed by atoms with Crippen molar-refractivity contribution in [1.82, 2.24) is 19.2 Å². The molecule has 3 rings (SSSR count). The van der Waals surface area contributed by atoms with Crippen molar-refractivity contribution < 1.29 is 13.2 Å². The number of hydrogen-bond donors (Lipinski definition) is 2. The summed E-state index contributed by atoms with van der Waals surface area (Å²) in [7, 11) is -0.709. The number of rotatable bonds is 7. The predicted octanol–water partition coefficient (Wildman–Crippen LogP) is 2.60. The molecule has 0 saturated carbocycles. The minimum Gasteiger partial charge on any atom is -0.335 e. The topological polar surface area (TPSA) is 123 Å². The van der Waals surface area contributed by atoms with E-state index < -0.39 is 10.0 Å². The maximum atomic E-state index is 12.5. The number of carbonyl (C=O) groups excluding carboxylic acids is 1. The largest absolute Gasteiger partial charge is 0.335 e. The monoisotopic (exact) mass is 480 g/mol. The highest BCUT2D eigenvalue weighted by atomic mass is 35.5. The van der Waals surface area contributed by atoms with Crippen LogP contribution in [0.3, 0.4) is 0 Å². The van der Waals surface area contributed by atoms with Crippen molar-refractivity contribution in [3.05, 3.63) is 53.1 Å². The number of sulfonamides is 1. The SMILES string of the molecule is Cc1ccc(S(=O)(=O)N(C)C)cc1NC(=O)CSc1nnc(-c2ccc(Cl)cc2)n1N. The molecule has 31 heavy (non-hydrogen) atoms. The van der Waals surface area contributed by atoms with Crippen LogP contribution in [0, 0.1) is 6.92 Å². The zero-order chi connectivity index (χ0) is 22.8. The molecule has 0 spiro atoms. The third-order valence-electron chi connectivity index (χ3n) is 4.36. The maximum Gasteiger partial charge on any atom is 0.242 e. The lowest BCUT2D eigenvalue weighted by molar-refractivity contribution is -0.113. The summed E-state index contributed by atoms with van der Waals surface area (Å²) in [6.45, 7) is 1.78. The van der Waals surface area contributed by atoms with Crippen molar-refractivity contribution in [2.45, 2.75) is 17.0 Å². The van der Waals surface area contributed by atoms with Gasteiger partial charge in [0.2, 0.25) is 21.1 Å². The van der Waals surface area contributed by atoms with Gasteiger partial charge >= 0.3 is 0 Å². The number of nitrogens with two attached hydrogens (primary N) is 1. The predicted molar refractivity (Wildman–Crippen MR) is 122 cm³/mol. The van der Waals surface area contributed by atoms with E-state index in [2.05, 4.69) is 15.5 Å². The number of thioether (sulfide) groups is 1. The number of aromatic nitrogens is 3. The van der Waals surface area contributed by atoms with Gasteiger partial charge < -0.3 is 11.2 Å². The molecule has 0 aliphatic rings. The molecule has 0 saturated heterocycles. The van der Waals surface area contributed by atoms with E-state index in [0.717, 1.165) is 27.2 Å². The fraction of sp³-hybridized carbons (Fsp3) is 0.211. The minimum atomic E-state index is -3.61. The zero-order valence-electron chi connectivity index (χ0n) is 17.0. The summed E-state index contributed by atoms with van der Waals surface area (Å²) in [5.41, 5.74) is 1.90. The van der Waals surface area contributed by atoms with E-state index in [-0.39, 0.29) is 16.6 Å². The van der Waals surface area contributed by atoms with Gasteiger partial charge in [-0.3, -0.25) is 4.79 Å². The van der Waals surface area contributed by atoms with Gasteiger partial charge in [0, 0.05) is 30.4 Å². The Balaban J connectivity index is 1.69. The van der Waals surface area contributed by atoms with Gasteiger partial charge in [-0.25, -0.2) is 17.4 Å². The highest BCUT2D eigenvalue weighted by Crippen LogP contribution is 2.25. The molecule has 3 aromatic rings. The van der Waals surface area contributed by atoms with Crippen LogP contribution in [0.1, 0.15) is 5.56 Å². The lowest BCUT2D eigenvalue weighted by atomic mass is 10.2. The van der Waals surface area contributed by atoms with Gasteiger partial charge in [-0.05, 0) is 48.9 Å². The standard InChI is InChI=1S/C19H21ClN6O3S2/c1-12-4-9-15(31(28,29)25(2)3)10-16(12)22-17(27)11-30-19-24-23-18(26(19)21)13-5-7-14(20)8-6-13/h4-10H,11,21H2,1-3H3,(H,22,27). The van der Waals surface area contributed by atoms with Crippen LogP contribution >= 0.6 is 23.4 Å². The van der Waals surface area contributed by atoms with Crippen LogP contribution in [0.5, 0.6) is 0 Å². The summed E-state index contributed by atoms with van der Waals surface area (Å²) in [5.74, 6) is 6.19. The quantitative estimate of drug-likeness (QED) is 0.393. The summed E-state index contributed by atoms with van der Waals surface area (Å²) in [6, 6.07) is 11.6. The normalized spacial score (nSPS) is 11.6. The van der Waals surface area contributed by atoms with Crippen molar-refractivity contribution in [1.29, 1.82) is 0 Å². The first-order chi connectivity index (χ1) is 14.6. The number of nitrogens with zero attached hydrogens (tertiary/aromatic N) is 4. The fourth-order valence-corrected chi connectivity index (χ4v) is 4.31. The number of amides is 1. The summed E-state index contributed by atoms with van der Waals surface area (Å²) in [5, 5.41) is 11.8. The van der Waals surface area contributed by atoms with Gasteiger partial charge in [-0.2, -0.15) is 0 Å². The Bertz CT molecular complexity index is 1210. The highest BCUT2D eigenvalue weighted by Gasteiger charge is 2.19. The highest BCUT2D eigenvalue weighted by molar-refractivity contribution is 7.99. The van der Waals surface area contributed by atoms with E-state index in [4.69, 9.17) is 17.4 Å². The number of carbonyl (C=O) groups is 1. The Kier molecular flexibility index (Phi) is 6.90. The molecule has 3 N–H and O–H groups in total. The summed E-state index contributed by atoms with van der Waals surface area (Å²) in [6.07, 6.45) is 0. The van der Waals surface area contributed by atoms with Gasteiger partial charge in [0.05, 0.1) is 10.6 Å². The van der Waals surface area contributed by atoms with Gasteiger partial charge in [0.25, 0.3) is 0 Å². The van der Waals surface area contributed by atoms with E-state index in [1.54, 1.807) is 37.3 Å². The maximum absolute atomic E-state index is 12.5. The van der Waals surface area contributed by atoms with E-state index in [1.165, 1.54) is 30.9 Å². The van der Waals surface area contributed by atoms with Gasteiger partial charge in [-0.15, -0.1) is 10.2 Å². The first-order valence-electron chi connectivity index (χ1n) is 9.02. The van der Waals surface area contributed by atoms with Crippen LogP contribution in [0.2, 0.25) is 5.02 Å². The van der Waals surface area contributed by atoms with Crippen LogP contribution in [-0.4, -0.2) is 53.4 Å². The van der Waals surface area contributed by atoms with Crippen LogP contribution in [-0.2, 0) is 14.8 Å². The molecule has 0 aliphatic heterocycles. The number of anilines is 1. The van der Waals surface area contributed by atoms with E-state index in [9.17, 15) is 13.2 Å². The second-order valence-electron chi connectivity index (χ2n) is 6.78. The number of halogens is 1. The van der Waals surface area contributed by atoms with E-state index >= 15 is 0 Å². The average molecular weight is 481 g/mol. The molecule has 0 atom stereocenters. The average Bonchev–Trinajstić information content (AvgIpc) is 3.09. The molecular formula is C19H21ClN6O3S2. The van der Waals surface area contributed by atoms with Crippen LogP contribution in [0.15, 0.2) is 52.5 Å². The van der Waals surface area contributed by atoms with Gasteiger partial charge in [-0.1, -0.05) is 29.4 Å². The molecule has 12 heteroatoms. The first-order valence-corrected chi connectivity index (χ1v) is 11.8. The number of benzene rings is 2. The summed E-state index contributed by atoms with van der Waals surface area (Å²) >= 11 is 7.01. The number of aryl methyl sites for hydroxylation is 1. The third kappa shape index (κ3) is 5.18. The summed E-state index contributed by atoms with van der Waals surface area (Å²) < 4.78 is 27.1. The Morgan fingerprint density at radius 2 is 1.87 bits per heavy atom. The molecule has 1 aromatic heterocycles. The van der Waals surface area contributed by atoms with Crippen molar-refractivity contribution >= 4 is 45.0 Å².